The van der Waals surface area contributed by atoms with Crippen molar-refractivity contribution in [3.63, 3.8) is 0 Å². The van der Waals surface area contributed by atoms with Crippen LogP contribution in [0.15, 0.2) is 52.1 Å². The summed E-state index contributed by atoms with van der Waals surface area (Å²) in [5.41, 5.74) is 1.16. The van der Waals surface area contributed by atoms with Crippen molar-refractivity contribution in [2.75, 3.05) is 4.72 Å². The standard InChI is InChI=1S/C23H20FN5O5S/c1-12-9-16-13(2)17(10-15-5-8-26-21(20(15)24)29-35(31,32)14(3)25)22(30)33-19(16)11-18(12)34-23-27-6-4-7-28-23/h4-9,11,25H,10H2,1-3H3,(H,26,29). The van der Waals surface area contributed by atoms with E-state index in [0.29, 0.717) is 16.7 Å². The predicted octanol–water partition coefficient (Wildman–Crippen LogP) is 3.86. The molecule has 0 unspecified atom stereocenters. The number of benzene rings is 1. The van der Waals surface area contributed by atoms with Crippen molar-refractivity contribution in [2.24, 2.45) is 0 Å². The molecule has 0 amide bonds. The average Bonchev–Trinajstić information content (AvgIpc) is 2.80. The van der Waals surface area contributed by atoms with Crippen LogP contribution in [0.2, 0.25) is 0 Å². The van der Waals surface area contributed by atoms with Crippen molar-refractivity contribution < 1.29 is 22.0 Å². The van der Waals surface area contributed by atoms with Gasteiger partial charge < -0.3 is 9.15 Å². The first-order chi connectivity index (χ1) is 16.6. The van der Waals surface area contributed by atoms with Gasteiger partial charge in [0.15, 0.2) is 11.6 Å². The average molecular weight is 498 g/mol. The Balaban J connectivity index is 1.72. The number of halogens is 1. The number of aryl methyl sites for hydroxylation is 2. The second-order valence-corrected chi connectivity index (χ2v) is 9.53. The number of hydrogen-bond donors (Lipinski definition) is 2. The highest BCUT2D eigenvalue weighted by atomic mass is 32.2. The van der Waals surface area contributed by atoms with Crippen LogP contribution in [0.5, 0.6) is 11.8 Å². The summed E-state index contributed by atoms with van der Waals surface area (Å²) in [6, 6.07) is 6.49. The molecule has 0 aliphatic heterocycles. The molecule has 10 nitrogen and oxygen atoms in total. The quantitative estimate of drug-likeness (QED) is 0.232. The topological polar surface area (TPSA) is 148 Å². The monoisotopic (exact) mass is 497 g/mol. The zero-order valence-electron chi connectivity index (χ0n) is 18.9. The van der Waals surface area contributed by atoms with Crippen molar-refractivity contribution in [1.82, 2.24) is 15.0 Å². The molecule has 0 aliphatic carbocycles. The van der Waals surface area contributed by atoms with E-state index < -0.39 is 32.3 Å². The fourth-order valence-corrected chi connectivity index (χ4v) is 3.91. The lowest BCUT2D eigenvalue weighted by Gasteiger charge is -2.13. The van der Waals surface area contributed by atoms with Gasteiger partial charge in [0.2, 0.25) is 0 Å². The Morgan fingerprint density at radius 1 is 1.17 bits per heavy atom. The van der Waals surface area contributed by atoms with Crippen molar-refractivity contribution in [2.45, 2.75) is 27.2 Å². The van der Waals surface area contributed by atoms with Gasteiger partial charge in [0.25, 0.3) is 10.0 Å². The van der Waals surface area contributed by atoms with Crippen LogP contribution in [-0.4, -0.2) is 28.4 Å². The Kier molecular flexibility index (Phi) is 6.31. The molecular formula is C23H20FN5O5S. The molecule has 0 saturated heterocycles. The van der Waals surface area contributed by atoms with Crippen molar-refractivity contribution in [1.29, 1.82) is 5.41 Å². The van der Waals surface area contributed by atoms with E-state index in [4.69, 9.17) is 14.6 Å². The van der Waals surface area contributed by atoms with Gasteiger partial charge >= 0.3 is 11.6 Å². The summed E-state index contributed by atoms with van der Waals surface area (Å²) >= 11 is 0. The molecule has 0 fully saturated rings. The maximum atomic E-state index is 15.0. The third kappa shape index (κ3) is 4.87. The van der Waals surface area contributed by atoms with Crippen LogP contribution in [-0.2, 0) is 16.4 Å². The molecule has 4 aromatic rings. The Morgan fingerprint density at radius 2 is 1.89 bits per heavy atom. The number of pyridine rings is 1. The van der Waals surface area contributed by atoms with Gasteiger partial charge in [0.05, 0.1) is 0 Å². The van der Waals surface area contributed by atoms with Gasteiger partial charge in [-0.1, -0.05) is 0 Å². The van der Waals surface area contributed by atoms with Crippen molar-refractivity contribution in [3.8, 4) is 11.8 Å². The van der Waals surface area contributed by atoms with Gasteiger partial charge in [0.1, 0.15) is 16.4 Å². The molecular weight excluding hydrogens is 477 g/mol. The highest BCUT2D eigenvalue weighted by molar-refractivity contribution is 8.07. The number of ether oxygens (including phenoxy) is 1. The van der Waals surface area contributed by atoms with Crippen LogP contribution >= 0.6 is 0 Å². The minimum atomic E-state index is -4.21. The van der Waals surface area contributed by atoms with E-state index in [1.165, 1.54) is 24.7 Å². The number of sulfonamides is 1. The highest BCUT2D eigenvalue weighted by Gasteiger charge is 2.21. The molecule has 0 saturated carbocycles. The number of nitrogens with one attached hydrogen (secondary N) is 2. The molecule has 180 valence electrons. The minimum Gasteiger partial charge on any atom is -0.424 e. The number of nitrogens with zero attached hydrogens (tertiary/aromatic N) is 3. The van der Waals surface area contributed by atoms with Crippen LogP contribution < -0.4 is 15.1 Å². The van der Waals surface area contributed by atoms with Crippen molar-refractivity contribution >= 4 is 31.9 Å². The maximum Gasteiger partial charge on any atom is 0.340 e. The second-order valence-electron chi connectivity index (χ2n) is 7.71. The molecule has 1 aromatic carbocycles. The summed E-state index contributed by atoms with van der Waals surface area (Å²) in [5.74, 6) is -1.09. The van der Waals surface area contributed by atoms with E-state index >= 15 is 4.39 Å². The molecule has 0 aliphatic rings. The Morgan fingerprint density at radius 3 is 2.57 bits per heavy atom. The molecule has 0 bridgehead atoms. The van der Waals surface area contributed by atoms with E-state index in [9.17, 15) is 13.2 Å². The van der Waals surface area contributed by atoms with Crippen LogP contribution in [0.1, 0.15) is 29.2 Å². The van der Waals surface area contributed by atoms with Crippen LogP contribution in [0.3, 0.4) is 0 Å². The lowest BCUT2D eigenvalue weighted by Crippen LogP contribution is -2.21. The fourth-order valence-electron chi connectivity index (χ4n) is 3.36. The molecule has 0 spiro atoms. The summed E-state index contributed by atoms with van der Waals surface area (Å²) in [6.45, 7) is 4.59. The number of fused-ring (bicyclic) bond motifs is 1. The first-order valence-corrected chi connectivity index (χ1v) is 11.8. The van der Waals surface area contributed by atoms with Crippen molar-refractivity contribution in [3.05, 3.63) is 81.3 Å². The summed E-state index contributed by atoms with van der Waals surface area (Å²) in [4.78, 5) is 24.6. The van der Waals surface area contributed by atoms with Gasteiger partial charge in [-0.3, -0.25) is 10.1 Å². The van der Waals surface area contributed by atoms with Gasteiger partial charge in [-0.15, -0.1) is 0 Å². The molecule has 0 radical (unpaired) electrons. The van der Waals surface area contributed by atoms with E-state index in [2.05, 4.69) is 15.0 Å². The first kappa shape index (κ1) is 24.0. The normalized spacial score (nSPS) is 11.4. The Labute approximate surface area is 199 Å². The lowest BCUT2D eigenvalue weighted by molar-refractivity contribution is 0.437. The van der Waals surface area contributed by atoms with Crippen LogP contribution in [0, 0.1) is 25.1 Å². The highest BCUT2D eigenvalue weighted by Crippen LogP contribution is 2.31. The number of hydrogen-bond acceptors (Lipinski definition) is 9. The zero-order valence-corrected chi connectivity index (χ0v) is 19.7. The summed E-state index contributed by atoms with van der Waals surface area (Å²) < 4.78 is 52.0. The van der Waals surface area contributed by atoms with Gasteiger partial charge in [-0.05, 0) is 55.7 Å². The third-order valence-corrected chi connectivity index (χ3v) is 6.57. The van der Waals surface area contributed by atoms with E-state index in [1.54, 1.807) is 25.1 Å². The van der Waals surface area contributed by atoms with E-state index in [0.717, 1.165) is 12.5 Å². The van der Waals surface area contributed by atoms with Gasteiger partial charge in [-0.2, -0.15) is 8.42 Å². The molecule has 4 rings (SSSR count). The predicted molar refractivity (Wildman–Crippen MR) is 127 cm³/mol. The molecule has 3 heterocycles. The molecule has 35 heavy (non-hydrogen) atoms. The molecule has 3 aromatic heterocycles. The summed E-state index contributed by atoms with van der Waals surface area (Å²) in [7, 11) is -4.21. The first-order valence-electron chi connectivity index (χ1n) is 10.3. The number of anilines is 1. The lowest BCUT2D eigenvalue weighted by atomic mass is 9.98. The Hall–Kier alpha value is -4.19. The van der Waals surface area contributed by atoms with Crippen LogP contribution in [0.25, 0.3) is 11.0 Å². The van der Waals surface area contributed by atoms with E-state index in [1.807, 2.05) is 11.6 Å². The number of rotatable bonds is 6. The SMILES string of the molecule is CC(=N)S(=O)(=O)Nc1nccc(Cc2c(C)c3cc(C)c(Oc4ncccn4)cc3oc2=O)c1F. The third-order valence-electron chi connectivity index (χ3n) is 5.30. The van der Waals surface area contributed by atoms with E-state index in [-0.39, 0.29) is 29.1 Å². The summed E-state index contributed by atoms with van der Waals surface area (Å²) in [6.07, 6.45) is 4.13. The smallest absolute Gasteiger partial charge is 0.340 e. The molecule has 0 atom stereocenters. The second kappa shape index (κ2) is 9.22. The van der Waals surface area contributed by atoms with Gasteiger partial charge in [0, 0.05) is 42.0 Å². The zero-order chi connectivity index (χ0) is 25.3. The maximum absolute atomic E-state index is 15.0. The largest absolute Gasteiger partial charge is 0.424 e. The van der Waals surface area contributed by atoms with Gasteiger partial charge in [-0.25, -0.2) is 24.1 Å². The van der Waals surface area contributed by atoms with Crippen LogP contribution in [0.4, 0.5) is 10.2 Å². The fraction of sp³-hybridized carbons (Fsp3) is 0.174. The summed E-state index contributed by atoms with van der Waals surface area (Å²) in [5, 5.41) is 7.25. The minimum absolute atomic E-state index is 0.0352. The molecule has 2 N–H and O–H groups in total. The molecule has 12 heteroatoms. The number of aromatic nitrogens is 3. The Bertz CT molecular complexity index is 1620.